The van der Waals surface area contributed by atoms with E-state index in [0.29, 0.717) is 10.6 Å². The Bertz CT molecular complexity index is 416. The lowest BCUT2D eigenvalue weighted by atomic mass is 9.92. The molecule has 4 heteroatoms. The Morgan fingerprint density at radius 2 is 2.06 bits per heavy atom. The van der Waals surface area contributed by atoms with Crippen LogP contribution in [0.25, 0.3) is 0 Å². The van der Waals surface area contributed by atoms with Crippen molar-refractivity contribution in [2.45, 2.75) is 45.8 Å². The molecule has 0 aliphatic carbocycles. The molecule has 0 spiro atoms. The number of hydrogen-bond donors (Lipinski definition) is 1. The molecule has 0 saturated heterocycles. The largest absolute Gasteiger partial charge is 0.346 e. The van der Waals surface area contributed by atoms with Crippen LogP contribution in [0, 0.1) is 10.6 Å². The summed E-state index contributed by atoms with van der Waals surface area (Å²) < 4.78 is 0.689. The second-order valence-corrected chi connectivity index (χ2v) is 7.19. The molecule has 0 radical (unpaired) electrons. The van der Waals surface area contributed by atoms with Crippen LogP contribution in [-0.2, 0) is 11.2 Å². The zero-order valence-electron chi connectivity index (χ0n) is 11.3. The van der Waals surface area contributed by atoms with Gasteiger partial charge in [-0.15, -0.1) is 0 Å². The van der Waals surface area contributed by atoms with Gasteiger partial charge in [0.25, 0.3) is 0 Å². The standard InChI is InChI=1S/C13H22N2S2/c1-9(2)7-17-8-11-14-10(13(3,4)5)6-12(16)15-11/h6,9H,7-8H2,1-5H3,(H,14,15,16). The van der Waals surface area contributed by atoms with Crippen LogP contribution in [-0.4, -0.2) is 15.7 Å². The lowest BCUT2D eigenvalue weighted by molar-refractivity contribution is 0.563. The smallest absolute Gasteiger partial charge is 0.130 e. The molecule has 0 aliphatic rings. The summed E-state index contributed by atoms with van der Waals surface area (Å²) in [5.41, 5.74) is 1.26. The molecule has 0 bridgehead atoms. The number of H-pyrrole nitrogens is 1. The van der Waals surface area contributed by atoms with Gasteiger partial charge >= 0.3 is 0 Å². The fourth-order valence-corrected chi connectivity index (χ4v) is 2.52. The van der Waals surface area contributed by atoms with Gasteiger partial charge in [0.15, 0.2) is 0 Å². The third kappa shape index (κ3) is 5.21. The zero-order chi connectivity index (χ0) is 13.1. The lowest BCUT2D eigenvalue weighted by Gasteiger charge is -2.19. The number of thioether (sulfide) groups is 1. The summed E-state index contributed by atoms with van der Waals surface area (Å²) in [6, 6.07) is 1.96. The maximum absolute atomic E-state index is 5.22. The SMILES string of the molecule is CC(C)CSCc1nc(=S)cc(C(C)(C)C)[nH]1. The van der Waals surface area contributed by atoms with Gasteiger partial charge in [-0.05, 0) is 17.7 Å². The fourth-order valence-electron chi connectivity index (χ4n) is 1.37. The van der Waals surface area contributed by atoms with E-state index in [4.69, 9.17) is 12.2 Å². The van der Waals surface area contributed by atoms with Crippen LogP contribution >= 0.6 is 24.0 Å². The molecule has 1 rings (SSSR count). The van der Waals surface area contributed by atoms with E-state index in [1.165, 1.54) is 0 Å². The molecule has 0 saturated carbocycles. The van der Waals surface area contributed by atoms with Gasteiger partial charge in [-0.2, -0.15) is 11.8 Å². The number of aromatic amines is 1. The normalized spacial score (nSPS) is 12.1. The van der Waals surface area contributed by atoms with E-state index >= 15 is 0 Å². The maximum atomic E-state index is 5.22. The van der Waals surface area contributed by atoms with Crippen LogP contribution < -0.4 is 0 Å². The average molecular weight is 270 g/mol. The van der Waals surface area contributed by atoms with Crippen LogP contribution in [0.4, 0.5) is 0 Å². The number of aromatic nitrogens is 2. The van der Waals surface area contributed by atoms with E-state index < -0.39 is 0 Å². The Hall–Kier alpha value is -0.350. The van der Waals surface area contributed by atoms with E-state index in [1.54, 1.807) is 0 Å². The van der Waals surface area contributed by atoms with E-state index in [1.807, 2.05) is 17.8 Å². The second kappa shape index (κ2) is 6.01. The predicted octanol–water partition coefficient (Wildman–Crippen LogP) is 4.33. The summed E-state index contributed by atoms with van der Waals surface area (Å²) in [7, 11) is 0. The molecule has 1 aromatic heterocycles. The minimum atomic E-state index is 0.0912. The Morgan fingerprint density at radius 3 is 2.59 bits per heavy atom. The van der Waals surface area contributed by atoms with Crippen molar-refractivity contribution in [2.24, 2.45) is 5.92 Å². The van der Waals surface area contributed by atoms with Crippen molar-refractivity contribution in [2.75, 3.05) is 5.75 Å². The third-order valence-electron chi connectivity index (χ3n) is 2.29. The van der Waals surface area contributed by atoms with Gasteiger partial charge < -0.3 is 4.98 Å². The summed E-state index contributed by atoms with van der Waals surface area (Å²) in [5, 5.41) is 0. The highest BCUT2D eigenvalue weighted by Crippen LogP contribution is 2.21. The van der Waals surface area contributed by atoms with E-state index in [9.17, 15) is 0 Å². The van der Waals surface area contributed by atoms with Crippen molar-refractivity contribution in [3.8, 4) is 0 Å². The van der Waals surface area contributed by atoms with Gasteiger partial charge in [0.2, 0.25) is 0 Å². The van der Waals surface area contributed by atoms with Gasteiger partial charge in [0.05, 0.1) is 5.75 Å². The summed E-state index contributed by atoms with van der Waals surface area (Å²) in [4.78, 5) is 7.78. The van der Waals surface area contributed by atoms with Crippen LogP contribution in [0.3, 0.4) is 0 Å². The molecule has 1 aromatic rings. The summed E-state index contributed by atoms with van der Waals surface area (Å²) in [5.74, 6) is 3.77. The van der Waals surface area contributed by atoms with E-state index in [2.05, 4.69) is 44.6 Å². The molecule has 0 fully saturated rings. The number of nitrogens with one attached hydrogen (secondary N) is 1. The molecule has 0 aliphatic heterocycles. The highest BCUT2D eigenvalue weighted by molar-refractivity contribution is 7.98. The Morgan fingerprint density at radius 1 is 1.41 bits per heavy atom. The quantitative estimate of drug-likeness (QED) is 0.826. The average Bonchev–Trinajstić information content (AvgIpc) is 2.14. The Balaban J connectivity index is 2.80. The third-order valence-corrected chi connectivity index (χ3v) is 3.88. The number of rotatable bonds is 4. The molecule has 17 heavy (non-hydrogen) atoms. The van der Waals surface area contributed by atoms with Crippen LogP contribution in [0.5, 0.6) is 0 Å². The molecule has 0 aromatic carbocycles. The molecule has 0 amide bonds. The van der Waals surface area contributed by atoms with Gasteiger partial charge in [0.1, 0.15) is 10.5 Å². The van der Waals surface area contributed by atoms with E-state index in [0.717, 1.165) is 23.0 Å². The van der Waals surface area contributed by atoms with Crippen molar-refractivity contribution in [1.82, 2.24) is 9.97 Å². The lowest BCUT2D eigenvalue weighted by Crippen LogP contribution is -2.15. The molecule has 0 unspecified atom stereocenters. The minimum Gasteiger partial charge on any atom is -0.346 e. The number of hydrogen-bond acceptors (Lipinski definition) is 3. The minimum absolute atomic E-state index is 0.0912. The molecule has 1 N–H and O–H groups in total. The van der Waals surface area contributed by atoms with Crippen molar-refractivity contribution >= 4 is 24.0 Å². The summed E-state index contributed by atoms with van der Waals surface area (Å²) in [6.07, 6.45) is 0. The first kappa shape index (κ1) is 14.7. The molecule has 0 atom stereocenters. The first-order valence-electron chi connectivity index (χ1n) is 5.97. The van der Waals surface area contributed by atoms with Gasteiger partial charge in [-0.1, -0.05) is 46.8 Å². The van der Waals surface area contributed by atoms with Crippen LogP contribution in [0.15, 0.2) is 6.07 Å². The summed E-state index contributed by atoms with van der Waals surface area (Å²) >= 11 is 7.12. The molecule has 2 nitrogen and oxygen atoms in total. The molecule has 96 valence electrons. The first-order chi connectivity index (χ1) is 7.79. The second-order valence-electron chi connectivity index (χ2n) is 5.74. The zero-order valence-corrected chi connectivity index (χ0v) is 13.0. The Labute approximate surface area is 114 Å². The van der Waals surface area contributed by atoms with E-state index in [-0.39, 0.29) is 5.41 Å². The van der Waals surface area contributed by atoms with Crippen molar-refractivity contribution in [1.29, 1.82) is 0 Å². The van der Waals surface area contributed by atoms with Crippen molar-refractivity contribution in [3.05, 3.63) is 22.2 Å². The predicted molar refractivity (Wildman–Crippen MR) is 79.1 cm³/mol. The highest BCUT2D eigenvalue weighted by atomic mass is 32.2. The molecular weight excluding hydrogens is 248 g/mol. The summed E-state index contributed by atoms with van der Waals surface area (Å²) in [6.45, 7) is 11.0. The van der Waals surface area contributed by atoms with Crippen LogP contribution in [0.1, 0.15) is 46.1 Å². The topological polar surface area (TPSA) is 28.7 Å². The van der Waals surface area contributed by atoms with Gasteiger partial charge in [-0.3, -0.25) is 0 Å². The van der Waals surface area contributed by atoms with Crippen molar-refractivity contribution in [3.63, 3.8) is 0 Å². The highest BCUT2D eigenvalue weighted by Gasteiger charge is 2.15. The fraction of sp³-hybridized carbons (Fsp3) is 0.692. The first-order valence-corrected chi connectivity index (χ1v) is 7.54. The van der Waals surface area contributed by atoms with Crippen molar-refractivity contribution < 1.29 is 0 Å². The Kier molecular flexibility index (Phi) is 5.20. The van der Waals surface area contributed by atoms with Gasteiger partial charge in [-0.25, -0.2) is 4.98 Å². The molecule has 1 heterocycles. The van der Waals surface area contributed by atoms with Crippen LogP contribution in [0.2, 0.25) is 0 Å². The monoisotopic (exact) mass is 270 g/mol. The maximum Gasteiger partial charge on any atom is 0.130 e. The van der Waals surface area contributed by atoms with Gasteiger partial charge in [0, 0.05) is 11.1 Å². The molecular formula is C13H22N2S2. The number of nitrogens with zero attached hydrogens (tertiary/aromatic N) is 1.